The van der Waals surface area contributed by atoms with E-state index in [0.29, 0.717) is 6.61 Å². The predicted molar refractivity (Wildman–Crippen MR) is 125 cm³/mol. The van der Waals surface area contributed by atoms with Gasteiger partial charge in [-0.1, -0.05) is 91.9 Å². The maximum Gasteiger partial charge on any atom is 0.175 e. The summed E-state index contributed by atoms with van der Waals surface area (Å²) in [6.07, 6.45) is 17.4. The fourth-order valence-corrected chi connectivity index (χ4v) is 5.67. The minimum atomic E-state index is -0.558. The second-order valence-corrected chi connectivity index (χ2v) is 10.6. The molecule has 1 spiro atoms. The maximum absolute atomic E-state index is 11.1. The molecule has 0 bridgehead atoms. The smallest absolute Gasteiger partial charge is 0.175 e. The Kier molecular flexibility index (Phi) is 10.1. The number of nitrogens with zero attached hydrogens (tertiary/aromatic N) is 1. The molecule has 2 fully saturated rings. The topological polar surface area (TPSA) is 41.9 Å². The standard InChI is InChI=1S/C26H51NO3/c1-7-10-11-12-13-14-15-16-17-18-19-23-20-29-26(30-23)21-24(5,8-2)27(28)25(6,9-3)22(26)4/h22-23,28H,7-21H2,1-6H3. The molecule has 1 N–H and O–H groups in total. The van der Waals surface area contributed by atoms with Gasteiger partial charge in [0.2, 0.25) is 0 Å². The summed E-state index contributed by atoms with van der Waals surface area (Å²) in [6, 6.07) is 0. The van der Waals surface area contributed by atoms with Crippen molar-refractivity contribution in [3.8, 4) is 0 Å². The molecular weight excluding hydrogens is 374 g/mol. The van der Waals surface area contributed by atoms with Gasteiger partial charge in [0.25, 0.3) is 0 Å². The van der Waals surface area contributed by atoms with E-state index in [-0.39, 0.29) is 23.1 Å². The number of piperidine rings is 1. The summed E-state index contributed by atoms with van der Waals surface area (Å²) < 4.78 is 13.1. The number of ether oxygens (including phenoxy) is 2. The van der Waals surface area contributed by atoms with Gasteiger partial charge in [-0.15, -0.1) is 0 Å². The number of hydroxylamine groups is 2. The lowest BCUT2D eigenvalue weighted by molar-refractivity contribution is -0.352. The number of rotatable bonds is 13. The summed E-state index contributed by atoms with van der Waals surface area (Å²) in [7, 11) is 0. The fourth-order valence-electron chi connectivity index (χ4n) is 5.67. The Hall–Kier alpha value is -0.160. The van der Waals surface area contributed by atoms with Gasteiger partial charge in [-0.2, -0.15) is 5.06 Å². The van der Waals surface area contributed by atoms with Crippen molar-refractivity contribution in [2.45, 2.75) is 154 Å². The molecule has 4 heteroatoms. The van der Waals surface area contributed by atoms with E-state index in [9.17, 15) is 5.21 Å². The van der Waals surface area contributed by atoms with E-state index in [0.717, 1.165) is 25.7 Å². The zero-order valence-corrected chi connectivity index (χ0v) is 21.0. The largest absolute Gasteiger partial charge is 0.347 e. The average molecular weight is 426 g/mol. The first-order valence-electron chi connectivity index (χ1n) is 13.1. The summed E-state index contributed by atoms with van der Waals surface area (Å²) in [6.45, 7) is 13.8. The molecule has 0 aromatic carbocycles. The molecule has 2 aliphatic heterocycles. The first-order valence-corrected chi connectivity index (χ1v) is 13.1. The van der Waals surface area contributed by atoms with E-state index in [4.69, 9.17) is 9.47 Å². The van der Waals surface area contributed by atoms with E-state index in [1.165, 1.54) is 64.2 Å². The summed E-state index contributed by atoms with van der Waals surface area (Å²) >= 11 is 0. The molecule has 0 saturated carbocycles. The number of hydrogen-bond donors (Lipinski definition) is 1. The van der Waals surface area contributed by atoms with Gasteiger partial charge in [0.15, 0.2) is 5.79 Å². The van der Waals surface area contributed by atoms with E-state index in [2.05, 4.69) is 41.5 Å². The van der Waals surface area contributed by atoms with Crippen molar-refractivity contribution in [3.63, 3.8) is 0 Å². The molecule has 0 radical (unpaired) electrons. The second-order valence-electron chi connectivity index (χ2n) is 10.6. The molecule has 2 aliphatic rings. The Morgan fingerprint density at radius 1 is 0.867 bits per heavy atom. The van der Waals surface area contributed by atoms with Crippen molar-refractivity contribution in [1.82, 2.24) is 5.06 Å². The summed E-state index contributed by atoms with van der Waals surface area (Å²) in [4.78, 5) is 0. The molecule has 0 amide bonds. The molecule has 30 heavy (non-hydrogen) atoms. The third-order valence-corrected chi connectivity index (χ3v) is 8.45. The highest BCUT2D eigenvalue weighted by atomic mass is 16.7. The van der Waals surface area contributed by atoms with Gasteiger partial charge in [0.05, 0.1) is 18.2 Å². The molecule has 0 aliphatic carbocycles. The minimum Gasteiger partial charge on any atom is -0.347 e. The molecule has 2 rings (SSSR count). The third-order valence-electron chi connectivity index (χ3n) is 8.45. The van der Waals surface area contributed by atoms with Crippen LogP contribution in [0.1, 0.15) is 131 Å². The fraction of sp³-hybridized carbons (Fsp3) is 1.00. The monoisotopic (exact) mass is 425 g/mol. The van der Waals surface area contributed by atoms with Crippen molar-refractivity contribution in [1.29, 1.82) is 0 Å². The SMILES string of the molecule is CCCCCCCCCCCCC1COC2(CC(C)(CC)N(O)C(C)(CC)C2C)O1. The molecular formula is C26H51NO3. The lowest BCUT2D eigenvalue weighted by Gasteiger charge is -2.60. The maximum atomic E-state index is 11.1. The summed E-state index contributed by atoms with van der Waals surface area (Å²) in [5.74, 6) is -0.435. The van der Waals surface area contributed by atoms with Gasteiger partial charge >= 0.3 is 0 Å². The third kappa shape index (κ3) is 5.79. The quantitative estimate of drug-likeness (QED) is 0.311. The summed E-state index contributed by atoms with van der Waals surface area (Å²) in [5.41, 5.74) is -0.654. The van der Waals surface area contributed by atoms with E-state index < -0.39 is 5.79 Å². The molecule has 5 unspecified atom stereocenters. The van der Waals surface area contributed by atoms with E-state index >= 15 is 0 Å². The predicted octanol–water partition coefficient (Wildman–Crippen LogP) is 7.48. The van der Waals surface area contributed by atoms with Gasteiger partial charge in [-0.3, -0.25) is 0 Å². The molecule has 178 valence electrons. The van der Waals surface area contributed by atoms with Crippen LogP contribution in [0, 0.1) is 5.92 Å². The first-order chi connectivity index (χ1) is 14.3. The first kappa shape index (κ1) is 26.1. The zero-order valence-electron chi connectivity index (χ0n) is 21.0. The highest BCUT2D eigenvalue weighted by Gasteiger charge is 2.63. The Bertz CT molecular complexity index is 501. The van der Waals surface area contributed by atoms with Gasteiger partial charge in [-0.05, 0) is 33.1 Å². The van der Waals surface area contributed by atoms with Crippen LogP contribution in [0.4, 0.5) is 0 Å². The van der Waals surface area contributed by atoms with E-state index in [1.807, 2.05) is 0 Å². The van der Waals surface area contributed by atoms with Crippen LogP contribution >= 0.6 is 0 Å². The van der Waals surface area contributed by atoms with Crippen molar-refractivity contribution in [3.05, 3.63) is 0 Å². The van der Waals surface area contributed by atoms with Gasteiger partial charge in [-0.25, -0.2) is 0 Å². The molecule has 0 aromatic rings. The normalized spacial score (nSPS) is 37.3. The Morgan fingerprint density at radius 2 is 1.43 bits per heavy atom. The van der Waals surface area contributed by atoms with Gasteiger partial charge in [0, 0.05) is 17.9 Å². The molecule has 0 aromatic heterocycles. The van der Waals surface area contributed by atoms with Crippen LogP contribution in [0.2, 0.25) is 0 Å². The Labute approximate surface area is 187 Å². The van der Waals surface area contributed by atoms with Crippen LogP contribution in [0.25, 0.3) is 0 Å². The van der Waals surface area contributed by atoms with Crippen molar-refractivity contribution >= 4 is 0 Å². The van der Waals surface area contributed by atoms with Crippen LogP contribution in [0.15, 0.2) is 0 Å². The highest BCUT2D eigenvalue weighted by molar-refractivity contribution is 5.08. The highest BCUT2D eigenvalue weighted by Crippen LogP contribution is 2.53. The lowest BCUT2D eigenvalue weighted by atomic mass is 9.67. The molecule has 2 saturated heterocycles. The number of hydrogen-bond acceptors (Lipinski definition) is 4. The second kappa shape index (κ2) is 11.6. The molecule has 4 nitrogen and oxygen atoms in total. The van der Waals surface area contributed by atoms with Gasteiger partial charge in [0.1, 0.15) is 0 Å². The van der Waals surface area contributed by atoms with Crippen LogP contribution < -0.4 is 0 Å². The minimum absolute atomic E-state index is 0.123. The Morgan fingerprint density at radius 3 is 1.97 bits per heavy atom. The van der Waals surface area contributed by atoms with Crippen LogP contribution in [-0.2, 0) is 9.47 Å². The molecule has 2 heterocycles. The lowest BCUT2D eigenvalue weighted by Crippen LogP contribution is -2.70. The van der Waals surface area contributed by atoms with Crippen LogP contribution in [0.3, 0.4) is 0 Å². The Balaban J connectivity index is 1.77. The van der Waals surface area contributed by atoms with Crippen molar-refractivity contribution < 1.29 is 14.7 Å². The van der Waals surface area contributed by atoms with Crippen molar-refractivity contribution in [2.75, 3.05) is 6.61 Å². The average Bonchev–Trinajstić information content (AvgIpc) is 3.15. The molecule has 5 atom stereocenters. The summed E-state index contributed by atoms with van der Waals surface area (Å²) in [5, 5.41) is 12.7. The van der Waals surface area contributed by atoms with E-state index in [1.54, 1.807) is 5.06 Å². The van der Waals surface area contributed by atoms with Crippen LogP contribution in [0.5, 0.6) is 0 Å². The van der Waals surface area contributed by atoms with Crippen molar-refractivity contribution in [2.24, 2.45) is 5.92 Å². The van der Waals surface area contributed by atoms with Crippen LogP contribution in [-0.4, -0.2) is 39.8 Å². The van der Waals surface area contributed by atoms with Gasteiger partial charge < -0.3 is 14.7 Å². The number of unbranched alkanes of at least 4 members (excludes halogenated alkanes) is 9. The zero-order chi connectivity index (χ0) is 22.3.